The summed E-state index contributed by atoms with van der Waals surface area (Å²) in [5, 5.41) is 0.324. The van der Waals surface area contributed by atoms with Crippen LogP contribution in [0.2, 0.25) is 5.15 Å². The molecule has 0 aliphatic carbocycles. The Morgan fingerprint density at radius 1 is 1.40 bits per heavy atom. The molecule has 1 heterocycles. The number of rotatable bonds is 3. The van der Waals surface area contributed by atoms with Crippen molar-refractivity contribution in [2.45, 2.75) is 13.3 Å². The molecule has 0 bridgehead atoms. The van der Waals surface area contributed by atoms with Crippen LogP contribution < -0.4 is 10.5 Å². The number of methoxy groups -OCH3 is 1. The van der Waals surface area contributed by atoms with Gasteiger partial charge < -0.3 is 10.5 Å². The van der Waals surface area contributed by atoms with Crippen molar-refractivity contribution in [1.29, 1.82) is 0 Å². The fraction of sp³-hybridized carbons (Fsp3) is 0.214. The molecule has 0 spiro atoms. The summed E-state index contributed by atoms with van der Waals surface area (Å²) in [5.74, 6) is 0.850. The number of benzene rings is 1. The Hall–Kier alpha value is -2.32. The van der Waals surface area contributed by atoms with Crippen LogP contribution in [0.5, 0.6) is 5.75 Å². The van der Waals surface area contributed by atoms with E-state index in [-0.39, 0.29) is 5.95 Å². The van der Waals surface area contributed by atoms with Gasteiger partial charge in [-0.25, -0.2) is 14.8 Å². The van der Waals surface area contributed by atoms with Crippen LogP contribution in [0.25, 0.3) is 4.85 Å². The third-order valence-electron chi connectivity index (χ3n) is 2.94. The van der Waals surface area contributed by atoms with Gasteiger partial charge in [0.1, 0.15) is 10.9 Å². The molecule has 0 atom stereocenters. The largest absolute Gasteiger partial charge is 0.497 e. The highest BCUT2D eigenvalue weighted by Gasteiger charge is 2.13. The maximum Gasteiger partial charge on any atom is 0.221 e. The molecule has 1 aromatic heterocycles. The van der Waals surface area contributed by atoms with E-state index >= 15 is 0 Å². The molecule has 0 saturated heterocycles. The summed E-state index contributed by atoms with van der Waals surface area (Å²) in [7, 11) is 1.59. The van der Waals surface area contributed by atoms with Crippen LogP contribution in [0.15, 0.2) is 18.2 Å². The molecule has 0 saturated carbocycles. The maximum atomic E-state index is 7.08. The Balaban J connectivity index is 2.47. The molecule has 0 aliphatic heterocycles. The van der Waals surface area contributed by atoms with Crippen molar-refractivity contribution in [2.24, 2.45) is 0 Å². The average molecular weight is 289 g/mol. The van der Waals surface area contributed by atoms with Gasteiger partial charge in [-0.1, -0.05) is 17.7 Å². The number of nitrogens with two attached hydrogens (primary N) is 1. The standard InChI is InChI=1S/C14H13ClN4O/c1-8-11(13(15)19-14(16)18-8)7-9-6-10(17-2)4-5-12(9)20-3/h4-6H,7H2,1,3H3,(H2,16,18,19). The number of aryl methyl sites for hydroxylation is 1. The van der Waals surface area contributed by atoms with Crippen LogP contribution in [0, 0.1) is 13.5 Å². The van der Waals surface area contributed by atoms with Gasteiger partial charge in [0.2, 0.25) is 5.95 Å². The SMILES string of the molecule is [C-]#[N+]c1ccc(OC)c(Cc2c(C)nc(N)nc2Cl)c1. The van der Waals surface area contributed by atoms with Gasteiger partial charge in [0.05, 0.1) is 13.7 Å². The fourth-order valence-electron chi connectivity index (χ4n) is 1.95. The van der Waals surface area contributed by atoms with E-state index in [4.69, 9.17) is 28.6 Å². The molecule has 6 heteroatoms. The molecule has 20 heavy (non-hydrogen) atoms. The summed E-state index contributed by atoms with van der Waals surface area (Å²) in [6.45, 7) is 8.90. The van der Waals surface area contributed by atoms with Crippen molar-refractivity contribution < 1.29 is 4.74 Å². The third-order valence-corrected chi connectivity index (χ3v) is 3.25. The number of nitrogen functional groups attached to an aromatic ring is 1. The topological polar surface area (TPSA) is 65.4 Å². The van der Waals surface area contributed by atoms with Gasteiger partial charge in [-0.2, -0.15) is 0 Å². The predicted octanol–water partition coefficient (Wildman–Crippen LogP) is 3.17. The molecule has 0 fully saturated rings. The van der Waals surface area contributed by atoms with Crippen molar-refractivity contribution in [3.05, 3.63) is 51.6 Å². The molecule has 2 aromatic rings. The van der Waals surface area contributed by atoms with Crippen LogP contribution in [0.1, 0.15) is 16.8 Å². The van der Waals surface area contributed by atoms with E-state index in [0.717, 1.165) is 16.8 Å². The van der Waals surface area contributed by atoms with E-state index in [0.29, 0.717) is 23.0 Å². The second kappa shape index (κ2) is 5.76. The molecule has 2 rings (SSSR count). The highest BCUT2D eigenvalue weighted by atomic mass is 35.5. The lowest BCUT2D eigenvalue weighted by Crippen LogP contribution is -2.04. The van der Waals surface area contributed by atoms with E-state index in [1.165, 1.54) is 0 Å². The first-order chi connectivity index (χ1) is 9.55. The maximum absolute atomic E-state index is 7.08. The number of ether oxygens (including phenoxy) is 1. The number of hydrogen-bond acceptors (Lipinski definition) is 4. The lowest BCUT2D eigenvalue weighted by molar-refractivity contribution is 0.410. The Morgan fingerprint density at radius 3 is 2.75 bits per heavy atom. The molecule has 0 aliphatic rings. The fourth-order valence-corrected chi connectivity index (χ4v) is 2.24. The van der Waals surface area contributed by atoms with Gasteiger partial charge in [-0.05, 0) is 24.6 Å². The van der Waals surface area contributed by atoms with Gasteiger partial charge in [0, 0.05) is 17.7 Å². The summed E-state index contributed by atoms with van der Waals surface area (Å²) in [4.78, 5) is 11.5. The summed E-state index contributed by atoms with van der Waals surface area (Å²) >= 11 is 6.12. The summed E-state index contributed by atoms with van der Waals surface area (Å²) in [6, 6.07) is 5.26. The van der Waals surface area contributed by atoms with Crippen molar-refractivity contribution in [2.75, 3.05) is 12.8 Å². The van der Waals surface area contributed by atoms with E-state index in [1.54, 1.807) is 25.3 Å². The van der Waals surface area contributed by atoms with E-state index < -0.39 is 0 Å². The summed E-state index contributed by atoms with van der Waals surface area (Å²) in [5.41, 5.74) is 8.46. The number of halogens is 1. The first-order valence-electron chi connectivity index (χ1n) is 5.88. The number of anilines is 1. The molecule has 1 aromatic carbocycles. The molecular weight excluding hydrogens is 276 g/mol. The minimum atomic E-state index is 0.151. The van der Waals surface area contributed by atoms with Crippen molar-refractivity contribution >= 4 is 23.2 Å². The molecule has 0 radical (unpaired) electrons. The Labute approximate surface area is 122 Å². The van der Waals surface area contributed by atoms with Crippen molar-refractivity contribution in [3.63, 3.8) is 0 Å². The molecular formula is C14H13ClN4O. The molecule has 0 amide bonds. The molecule has 5 nitrogen and oxygen atoms in total. The lowest BCUT2D eigenvalue weighted by Gasteiger charge is -2.12. The van der Waals surface area contributed by atoms with E-state index in [9.17, 15) is 0 Å². The smallest absolute Gasteiger partial charge is 0.221 e. The van der Waals surface area contributed by atoms with Crippen molar-refractivity contribution in [1.82, 2.24) is 9.97 Å². The first-order valence-corrected chi connectivity index (χ1v) is 6.25. The van der Waals surface area contributed by atoms with Crippen LogP contribution in [0.3, 0.4) is 0 Å². The van der Waals surface area contributed by atoms with Gasteiger partial charge in [0.15, 0.2) is 5.69 Å². The van der Waals surface area contributed by atoms with Gasteiger partial charge in [0.25, 0.3) is 0 Å². The predicted molar refractivity (Wildman–Crippen MR) is 78.3 cm³/mol. The van der Waals surface area contributed by atoms with Gasteiger partial charge in [-0.3, -0.25) is 0 Å². The minimum Gasteiger partial charge on any atom is -0.497 e. The molecule has 102 valence electrons. The number of aromatic nitrogens is 2. The third kappa shape index (κ3) is 2.81. The Kier molecular flexibility index (Phi) is 4.06. The summed E-state index contributed by atoms with van der Waals surface area (Å²) in [6.07, 6.45) is 0.484. The van der Waals surface area contributed by atoms with Crippen LogP contribution in [-0.4, -0.2) is 17.1 Å². The van der Waals surface area contributed by atoms with Crippen molar-refractivity contribution in [3.8, 4) is 5.75 Å². The van der Waals surface area contributed by atoms with Crippen LogP contribution >= 0.6 is 11.6 Å². The number of nitrogens with zero attached hydrogens (tertiary/aromatic N) is 3. The second-order valence-corrected chi connectivity index (χ2v) is 4.58. The van der Waals surface area contributed by atoms with E-state index in [2.05, 4.69) is 14.8 Å². The Bertz CT molecular complexity index is 671. The zero-order valence-electron chi connectivity index (χ0n) is 11.1. The second-order valence-electron chi connectivity index (χ2n) is 4.22. The normalized spacial score (nSPS) is 10.1. The van der Waals surface area contributed by atoms with E-state index in [1.807, 2.05) is 6.92 Å². The molecule has 0 unspecified atom stereocenters. The highest BCUT2D eigenvalue weighted by molar-refractivity contribution is 6.30. The van der Waals surface area contributed by atoms with Gasteiger partial charge in [-0.15, -0.1) is 0 Å². The van der Waals surface area contributed by atoms with Gasteiger partial charge >= 0.3 is 0 Å². The minimum absolute atomic E-state index is 0.151. The zero-order chi connectivity index (χ0) is 14.7. The average Bonchev–Trinajstić information content (AvgIpc) is 2.42. The zero-order valence-corrected chi connectivity index (χ0v) is 11.9. The number of hydrogen-bond donors (Lipinski definition) is 1. The first kappa shape index (κ1) is 14.1. The molecule has 2 N–H and O–H groups in total. The van der Waals surface area contributed by atoms with Crippen LogP contribution in [0.4, 0.5) is 11.6 Å². The van der Waals surface area contributed by atoms with Crippen LogP contribution in [-0.2, 0) is 6.42 Å². The quantitative estimate of drug-likeness (QED) is 0.696. The Morgan fingerprint density at radius 2 is 2.15 bits per heavy atom. The monoisotopic (exact) mass is 288 g/mol. The highest BCUT2D eigenvalue weighted by Crippen LogP contribution is 2.29. The summed E-state index contributed by atoms with van der Waals surface area (Å²) < 4.78 is 5.31. The lowest BCUT2D eigenvalue weighted by atomic mass is 10.0.